The Morgan fingerprint density at radius 2 is 1.85 bits per heavy atom. The molecule has 0 bridgehead atoms. The molecule has 1 aromatic rings. The molecule has 0 aliphatic rings. The predicted octanol–water partition coefficient (Wildman–Crippen LogP) is 3.32. The minimum atomic E-state index is -1.78. The monoisotopic (exact) mass is 295 g/mol. The molecule has 0 N–H and O–H groups in total. The second kappa shape index (κ2) is 6.50. The Balaban J connectivity index is 2.70. The predicted molar refractivity (Wildman–Crippen MR) is 81.9 cm³/mol. The third kappa shape index (κ3) is 4.72. The Labute approximate surface area is 122 Å². The van der Waals surface area contributed by atoms with Crippen molar-refractivity contribution >= 4 is 14.3 Å². The van der Waals surface area contributed by atoms with E-state index in [4.69, 9.17) is 4.43 Å². The largest absolute Gasteiger partial charge is 0.469 e. The molecule has 0 aromatic carbocycles. The zero-order valence-electron chi connectivity index (χ0n) is 13.3. The van der Waals surface area contributed by atoms with Crippen LogP contribution in [0.2, 0.25) is 18.1 Å². The summed E-state index contributed by atoms with van der Waals surface area (Å²) in [6.45, 7) is 11.5. The van der Waals surface area contributed by atoms with Crippen molar-refractivity contribution in [2.75, 3.05) is 7.11 Å². The number of ether oxygens (including phenoxy) is 1. The molecule has 0 saturated heterocycles. The Morgan fingerprint density at radius 3 is 2.40 bits per heavy atom. The average molecular weight is 295 g/mol. The minimum Gasteiger partial charge on any atom is -0.469 e. The quantitative estimate of drug-likeness (QED) is 0.617. The Morgan fingerprint density at radius 1 is 1.25 bits per heavy atom. The fourth-order valence-corrected chi connectivity index (χ4v) is 2.34. The molecule has 1 heterocycles. The summed E-state index contributed by atoms with van der Waals surface area (Å²) in [4.78, 5) is 15.7. The zero-order valence-corrected chi connectivity index (χ0v) is 14.3. The van der Waals surface area contributed by atoms with E-state index in [0.717, 1.165) is 5.69 Å². The first kappa shape index (κ1) is 16.9. The van der Waals surface area contributed by atoms with Crippen LogP contribution in [0.4, 0.5) is 0 Å². The molecule has 0 aliphatic carbocycles. The number of hydrogen-bond donors (Lipinski definition) is 0. The van der Waals surface area contributed by atoms with Crippen LogP contribution in [-0.2, 0) is 27.0 Å². The molecule has 0 amide bonds. The maximum atomic E-state index is 11.3. The van der Waals surface area contributed by atoms with E-state index in [9.17, 15) is 4.79 Å². The SMILES string of the molecule is COC(=O)Cc1cccc(CO[Si](C)(C)C(C)(C)C)n1. The van der Waals surface area contributed by atoms with Gasteiger partial charge in [-0.05, 0) is 30.3 Å². The highest BCUT2D eigenvalue weighted by Crippen LogP contribution is 2.36. The van der Waals surface area contributed by atoms with Crippen LogP contribution in [0.15, 0.2) is 18.2 Å². The highest BCUT2D eigenvalue weighted by molar-refractivity contribution is 6.74. The van der Waals surface area contributed by atoms with Gasteiger partial charge in [-0.2, -0.15) is 0 Å². The van der Waals surface area contributed by atoms with Crippen LogP contribution in [-0.4, -0.2) is 26.4 Å². The molecule has 112 valence electrons. The standard InChI is InChI=1S/C15H25NO3Si/c1-15(2,3)20(5,6)19-11-13-9-7-8-12(16-13)10-14(17)18-4/h7-9H,10-11H2,1-6H3. The molecule has 1 aromatic heterocycles. The van der Waals surface area contributed by atoms with Crippen LogP contribution in [0.3, 0.4) is 0 Å². The highest BCUT2D eigenvalue weighted by Gasteiger charge is 2.37. The van der Waals surface area contributed by atoms with Gasteiger partial charge >= 0.3 is 5.97 Å². The minimum absolute atomic E-state index is 0.177. The van der Waals surface area contributed by atoms with Crippen LogP contribution in [0.5, 0.6) is 0 Å². The van der Waals surface area contributed by atoms with Gasteiger partial charge in [0.25, 0.3) is 0 Å². The van der Waals surface area contributed by atoms with Gasteiger partial charge in [0.05, 0.1) is 31.5 Å². The third-order valence-corrected chi connectivity index (χ3v) is 8.28. The molecule has 0 fully saturated rings. The smallest absolute Gasteiger partial charge is 0.311 e. The van der Waals surface area contributed by atoms with E-state index in [1.165, 1.54) is 7.11 Å². The van der Waals surface area contributed by atoms with Crippen molar-refractivity contribution < 1.29 is 14.0 Å². The number of methoxy groups -OCH3 is 1. The lowest BCUT2D eigenvalue weighted by molar-refractivity contribution is -0.139. The highest BCUT2D eigenvalue weighted by atomic mass is 28.4. The van der Waals surface area contributed by atoms with Crippen LogP contribution >= 0.6 is 0 Å². The van der Waals surface area contributed by atoms with Crippen molar-refractivity contribution in [3.63, 3.8) is 0 Å². The Bertz CT molecular complexity index is 466. The molecule has 0 aliphatic heterocycles. The number of hydrogen-bond acceptors (Lipinski definition) is 4. The molecule has 5 heteroatoms. The summed E-state index contributed by atoms with van der Waals surface area (Å²) in [6, 6.07) is 5.65. The normalized spacial score (nSPS) is 12.3. The molecule has 1 rings (SSSR count). The van der Waals surface area contributed by atoms with Gasteiger partial charge in [0, 0.05) is 0 Å². The van der Waals surface area contributed by atoms with Crippen LogP contribution in [0, 0.1) is 0 Å². The van der Waals surface area contributed by atoms with Crippen molar-refractivity contribution in [1.82, 2.24) is 4.98 Å². The molecule has 0 spiro atoms. The summed E-state index contributed by atoms with van der Waals surface area (Å²) < 4.78 is 10.8. The summed E-state index contributed by atoms with van der Waals surface area (Å²) in [5.41, 5.74) is 1.57. The van der Waals surface area contributed by atoms with Gasteiger partial charge in [-0.3, -0.25) is 9.78 Å². The van der Waals surface area contributed by atoms with Crippen LogP contribution in [0.25, 0.3) is 0 Å². The third-order valence-electron chi connectivity index (χ3n) is 3.80. The first-order chi connectivity index (χ1) is 9.15. The van der Waals surface area contributed by atoms with E-state index in [2.05, 4.69) is 43.6 Å². The second-order valence-electron chi connectivity index (χ2n) is 6.42. The molecular formula is C15H25NO3Si. The second-order valence-corrected chi connectivity index (χ2v) is 11.2. The zero-order chi connectivity index (χ0) is 15.4. The lowest BCUT2D eigenvalue weighted by atomic mass is 10.2. The van der Waals surface area contributed by atoms with Gasteiger partial charge in [-0.15, -0.1) is 0 Å². The lowest BCUT2D eigenvalue weighted by Gasteiger charge is -2.36. The summed E-state index contributed by atoms with van der Waals surface area (Å²) in [6.07, 6.45) is 0.199. The summed E-state index contributed by atoms with van der Waals surface area (Å²) >= 11 is 0. The van der Waals surface area contributed by atoms with Crippen molar-refractivity contribution in [1.29, 1.82) is 0 Å². The number of pyridine rings is 1. The summed E-state index contributed by atoms with van der Waals surface area (Å²) in [5, 5.41) is 0.177. The van der Waals surface area contributed by atoms with E-state index in [1.54, 1.807) is 0 Å². The van der Waals surface area contributed by atoms with Crippen molar-refractivity contribution in [3.8, 4) is 0 Å². The Kier molecular flexibility index (Phi) is 5.47. The van der Waals surface area contributed by atoms with E-state index in [1.807, 2.05) is 18.2 Å². The maximum Gasteiger partial charge on any atom is 0.311 e. The fraction of sp³-hybridized carbons (Fsp3) is 0.600. The number of rotatable bonds is 5. The fourth-order valence-electron chi connectivity index (χ4n) is 1.40. The van der Waals surface area contributed by atoms with E-state index < -0.39 is 8.32 Å². The number of carbonyl (C=O) groups is 1. The number of esters is 1. The van der Waals surface area contributed by atoms with Gasteiger partial charge < -0.3 is 9.16 Å². The number of nitrogens with zero attached hydrogens (tertiary/aromatic N) is 1. The van der Waals surface area contributed by atoms with Gasteiger partial charge in [0.1, 0.15) is 0 Å². The molecule has 20 heavy (non-hydrogen) atoms. The molecule has 0 atom stereocenters. The van der Waals surface area contributed by atoms with E-state index in [0.29, 0.717) is 12.3 Å². The van der Waals surface area contributed by atoms with Gasteiger partial charge in [0.2, 0.25) is 0 Å². The first-order valence-corrected chi connectivity index (χ1v) is 9.72. The first-order valence-electron chi connectivity index (χ1n) is 6.81. The summed E-state index contributed by atoms with van der Waals surface area (Å²) in [5.74, 6) is -0.278. The molecule has 0 radical (unpaired) electrons. The Hall–Kier alpha value is -1.20. The molecule has 0 saturated carbocycles. The average Bonchev–Trinajstić information content (AvgIpc) is 2.35. The number of carbonyl (C=O) groups excluding carboxylic acids is 1. The van der Waals surface area contributed by atoms with Gasteiger partial charge in [-0.25, -0.2) is 0 Å². The van der Waals surface area contributed by atoms with Crippen molar-refractivity contribution in [2.45, 2.75) is 51.9 Å². The van der Waals surface area contributed by atoms with Crippen LogP contribution in [0.1, 0.15) is 32.2 Å². The van der Waals surface area contributed by atoms with Crippen molar-refractivity contribution in [3.05, 3.63) is 29.6 Å². The molecular weight excluding hydrogens is 270 g/mol. The molecule has 0 unspecified atom stereocenters. The molecule has 4 nitrogen and oxygen atoms in total. The number of aromatic nitrogens is 1. The maximum absolute atomic E-state index is 11.3. The van der Waals surface area contributed by atoms with Crippen LogP contribution < -0.4 is 0 Å². The van der Waals surface area contributed by atoms with E-state index in [-0.39, 0.29) is 17.4 Å². The topological polar surface area (TPSA) is 48.4 Å². The van der Waals surface area contributed by atoms with Crippen molar-refractivity contribution in [2.24, 2.45) is 0 Å². The van der Waals surface area contributed by atoms with E-state index >= 15 is 0 Å². The van der Waals surface area contributed by atoms with Gasteiger partial charge in [0.15, 0.2) is 8.32 Å². The summed E-state index contributed by atoms with van der Waals surface area (Å²) in [7, 11) is -0.394. The van der Waals surface area contributed by atoms with Gasteiger partial charge in [-0.1, -0.05) is 26.8 Å². The lowest BCUT2D eigenvalue weighted by Crippen LogP contribution is -2.40.